The van der Waals surface area contributed by atoms with E-state index in [2.05, 4.69) is 5.32 Å². The topological polar surface area (TPSA) is 113 Å². The Hall–Kier alpha value is -2.59. The average Bonchev–Trinajstić information content (AvgIpc) is 2.75. The van der Waals surface area contributed by atoms with Crippen molar-refractivity contribution in [1.82, 2.24) is 4.90 Å². The molecular formula is C12H8ClF2N3O5. The highest BCUT2D eigenvalue weighted by Crippen LogP contribution is 2.35. The molecule has 1 aromatic carbocycles. The van der Waals surface area contributed by atoms with Gasteiger partial charge in [-0.2, -0.15) is 0 Å². The lowest BCUT2D eigenvalue weighted by atomic mass is 10.2. The van der Waals surface area contributed by atoms with E-state index in [1.54, 1.807) is 0 Å². The van der Waals surface area contributed by atoms with Crippen LogP contribution in [0.3, 0.4) is 0 Å². The van der Waals surface area contributed by atoms with Crippen molar-refractivity contribution in [3.05, 3.63) is 44.6 Å². The predicted octanol–water partition coefficient (Wildman–Crippen LogP) is 1.18. The van der Waals surface area contributed by atoms with Gasteiger partial charge < -0.3 is 10.4 Å². The zero-order valence-corrected chi connectivity index (χ0v) is 11.9. The first-order valence-corrected chi connectivity index (χ1v) is 6.43. The Bertz CT molecular complexity index is 753. The zero-order valence-electron chi connectivity index (χ0n) is 11.2. The van der Waals surface area contributed by atoms with Crippen LogP contribution in [-0.2, 0) is 9.59 Å². The number of nitro benzene ring substituents is 1. The van der Waals surface area contributed by atoms with Crippen molar-refractivity contribution in [3.63, 3.8) is 0 Å². The molecule has 0 fully saturated rings. The summed E-state index contributed by atoms with van der Waals surface area (Å²) >= 11 is 5.36. The zero-order chi connectivity index (χ0) is 17.3. The van der Waals surface area contributed by atoms with Gasteiger partial charge in [-0.05, 0) is 0 Å². The molecular weight excluding hydrogens is 340 g/mol. The number of nitrogens with zero attached hydrogens (tertiary/aromatic N) is 2. The molecule has 2 rings (SSSR count). The van der Waals surface area contributed by atoms with E-state index < -0.39 is 57.1 Å². The molecule has 23 heavy (non-hydrogen) atoms. The maximum absolute atomic E-state index is 14.0. The maximum atomic E-state index is 14.0. The highest BCUT2D eigenvalue weighted by Gasteiger charge is 2.33. The Labute approximate surface area is 132 Å². The minimum absolute atomic E-state index is 0.298. The van der Waals surface area contributed by atoms with Crippen molar-refractivity contribution < 1.29 is 28.4 Å². The van der Waals surface area contributed by atoms with Gasteiger partial charge in [-0.15, -0.1) is 0 Å². The van der Waals surface area contributed by atoms with E-state index in [4.69, 9.17) is 16.7 Å². The van der Waals surface area contributed by atoms with Crippen molar-refractivity contribution in [1.29, 1.82) is 0 Å². The second-order valence-corrected chi connectivity index (χ2v) is 4.72. The lowest BCUT2D eigenvalue weighted by Gasteiger charge is -2.14. The molecule has 0 atom stereocenters. The number of carbonyl (C=O) groups excluding carboxylic acids is 2. The smallest absolute Gasteiger partial charge is 0.298 e. The van der Waals surface area contributed by atoms with Crippen LogP contribution in [0.1, 0.15) is 0 Å². The van der Waals surface area contributed by atoms with E-state index in [1.165, 1.54) is 0 Å². The summed E-state index contributed by atoms with van der Waals surface area (Å²) in [7, 11) is 0. The van der Waals surface area contributed by atoms with Gasteiger partial charge in [0.2, 0.25) is 0 Å². The third-order valence-electron chi connectivity index (χ3n) is 2.93. The Kier molecular flexibility index (Phi) is 4.57. The van der Waals surface area contributed by atoms with E-state index in [-0.39, 0.29) is 6.54 Å². The van der Waals surface area contributed by atoms with Crippen molar-refractivity contribution in [2.45, 2.75) is 0 Å². The molecule has 0 spiro atoms. The monoisotopic (exact) mass is 347 g/mol. The van der Waals surface area contributed by atoms with Gasteiger partial charge in [0.15, 0.2) is 17.3 Å². The second-order valence-electron chi connectivity index (χ2n) is 4.34. The Balaban J connectivity index is 2.43. The van der Waals surface area contributed by atoms with Gasteiger partial charge in [0.25, 0.3) is 17.5 Å². The number of aliphatic hydroxyl groups excluding tert-OH is 1. The number of β-amino-alcohol motifs (C(OH)–C–C–N with tert-alkyl or cyclic N) is 1. The fourth-order valence-corrected chi connectivity index (χ4v) is 2.04. The Morgan fingerprint density at radius 1 is 1.39 bits per heavy atom. The maximum Gasteiger partial charge on any atom is 0.298 e. The first kappa shape index (κ1) is 16.8. The molecule has 1 aromatic rings. The first-order valence-electron chi connectivity index (χ1n) is 6.05. The van der Waals surface area contributed by atoms with Gasteiger partial charge in [-0.3, -0.25) is 24.6 Å². The fraction of sp³-hybridized carbons (Fsp3) is 0.167. The van der Waals surface area contributed by atoms with Gasteiger partial charge in [-0.1, -0.05) is 11.6 Å². The Morgan fingerprint density at radius 3 is 2.61 bits per heavy atom. The van der Waals surface area contributed by atoms with Crippen molar-refractivity contribution >= 4 is 34.8 Å². The van der Waals surface area contributed by atoms with E-state index in [9.17, 15) is 28.5 Å². The number of anilines is 1. The molecule has 2 amide bonds. The number of imide groups is 1. The van der Waals surface area contributed by atoms with E-state index in [0.29, 0.717) is 11.0 Å². The molecule has 1 aliphatic rings. The van der Waals surface area contributed by atoms with Crippen LogP contribution in [0.4, 0.5) is 20.2 Å². The summed E-state index contributed by atoms with van der Waals surface area (Å²) in [5.41, 5.74) is -2.31. The lowest BCUT2D eigenvalue weighted by Crippen LogP contribution is -2.34. The first-order chi connectivity index (χ1) is 10.8. The van der Waals surface area contributed by atoms with Crippen LogP contribution in [0.15, 0.2) is 17.8 Å². The number of hydrogen-bond donors (Lipinski definition) is 2. The number of carbonyl (C=O) groups is 2. The molecule has 0 saturated carbocycles. The van der Waals surface area contributed by atoms with E-state index >= 15 is 0 Å². The summed E-state index contributed by atoms with van der Waals surface area (Å²) in [5.74, 6) is -4.52. The van der Waals surface area contributed by atoms with Gasteiger partial charge >= 0.3 is 0 Å². The van der Waals surface area contributed by atoms with Gasteiger partial charge in [0, 0.05) is 6.08 Å². The number of amides is 2. The largest absolute Gasteiger partial charge is 0.395 e. The standard InChI is InChI=1S/C12H8ClF2N3O5/c13-9-5(14)3-7(18(22)23)11(10(9)15)16-6-4-8(20)17(1-2-19)12(6)21/h3-4,16,19H,1-2H2. The molecule has 0 unspecified atom stereocenters. The quantitative estimate of drug-likeness (QED) is 0.358. The van der Waals surface area contributed by atoms with Gasteiger partial charge in [0.1, 0.15) is 10.7 Å². The molecule has 0 saturated heterocycles. The summed E-state index contributed by atoms with van der Waals surface area (Å²) < 4.78 is 27.3. The van der Waals surface area contributed by atoms with Crippen LogP contribution in [0.2, 0.25) is 5.02 Å². The number of aliphatic hydroxyl groups is 1. The SMILES string of the molecule is O=C1C=C(Nc2c([N+](=O)[O-])cc(F)c(Cl)c2F)C(=O)N1CCO. The molecule has 0 bridgehead atoms. The van der Waals surface area contributed by atoms with Gasteiger partial charge in [0.05, 0.1) is 24.1 Å². The van der Waals surface area contributed by atoms with Crippen LogP contribution in [-0.4, -0.2) is 39.9 Å². The third kappa shape index (κ3) is 2.98. The van der Waals surface area contributed by atoms with Crippen molar-refractivity contribution in [2.24, 2.45) is 0 Å². The average molecular weight is 348 g/mol. The minimum atomic E-state index is -1.47. The number of nitro groups is 1. The normalized spacial score (nSPS) is 14.3. The van der Waals surface area contributed by atoms with Crippen molar-refractivity contribution in [3.8, 4) is 0 Å². The molecule has 11 heteroatoms. The number of benzene rings is 1. The molecule has 0 radical (unpaired) electrons. The fourth-order valence-electron chi connectivity index (χ4n) is 1.89. The summed E-state index contributed by atoms with van der Waals surface area (Å²) in [4.78, 5) is 34.0. The van der Waals surface area contributed by atoms with Crippen LogP contribution < -0.4 is 5.32 Å². The Morgan fingerprint density at radius 2 is 2.04 bits per heavy atom. The van der Waals surface area contributed by atoms with Gasteiger partial charge in [-0.25, -0.2) is 8.78 Å². The summed E-state index contributed by atoms with van der Waals surface area (Å²) in [6.45, 7) is -0.788. The van der Waals surface area contributed by atoms with Crippen LogP contribution >= 0.6 is 11.6 Å². The number of rotatable bonds is 5. The summed E-state index contributed by atoms with van der Waals surface area (Å²) in [5, 5.41) is 20.8. The number of nitrogens with one attached hydrogen (secondary N) is 1. The number of hydrogen-bond acceptors (Lipinski definition) is 6. The highest BCUT2D eigenvalue weighted by molar-refractivity contribution is 6.31. The number of halogens is 3. The van der Waals surface area contributed by atoms with Crippen LogP contribution in [0.5, 0.6) is 0 Å². The molecule has 122 valence electrons. The molecule has 1 aliphatic heterocycles. The molecule has 2 N–H and O–H groups in total. The molecule has 0 aliphatic carbocycles. The predicted molar refractivity (Wildman–Crippen MR) is 73.5 cm³/mol. The highest BCUT2D eigenvalue weighted by atomic mass is 35.5. The third-order valence-corrected chi connectivity index (χ3v) is 3.28. The molecule has 0 aromatic heterocycles. The summed E-state index contributed by atoms with van der Waals surface area (Å²) in [6, 6.07) is 0.390. The lowest BCUT2D eigenvalue weighted by molar-refractivity contribution is -0.384. The molecule has 1 heterocycles. The minimum Gasteiger partial charge on any atom is -0.395 e. The summed E-state index contributed by atoms with van der Waals surface area (Å²) in [6.07, 6.45) is 0.776. The second kappa shape index (κ2) is 6.26. The van der Waals surface area contributed by atoms with Crippen LogP contribution in [0, 0.1) is 21.7 Å². The van der Waals surface area contributed by atoms with Crippen molar-refractivity contribution in [2.75, 3.05) is 18.5 Å². The van der Waals surface area contributed by atoms with Crippen LogP contribution in [0.25, 0.3) is 0 Å². The van der Waals surface area contributed by atoms with E-state index in [1.807, 2.05) is 0 Å². The van der Waals surface area contributed by atoms with E-state index in [0.717, 1.165) is 6.08 Å². The molecule has 8 nitrogen and oxygen atoms in total.